The number of ether oxygens (including phenoxy) is 1. The van der Waals surface area contributed by atoms with Crippen molar-refractivity contribution in [3.05, 3.63) is 59.1 Å². The van der Waals surface area contributed by atoms with Crippen LogP contribution in [-0.2, 0) is 20.9 Å². The van der Waals surface area contributed by atoms with Gasteiger partial charge in [0, 0.05) is 36.6 Å². The van der Waals surface area contributed by atoms with E-state index in [1.54, 1.807) is 12.3 Å². The fraction of sp³-hybridized carbons (Fsp3) is 0.235. The molecule has 1 fully saturated rings. The first-order chi connectivity index (χ1) is 11.5. The molecule has 7 heteroatoms. The van der Waals surface area contributed by atoms with Crippen LogP contribution in [0.15, 0.2) is 42.7 Å². The first kappa shape index (κ1) is 16.4. The minimum atomic E-state index is -0.557. The molecular formula is C17H14ClFN2O3. The van der Waals surface area contributed by atoms with Crippen LogP contribution >= 0.6 is 11.6 Å². The Morgan fingerprint density at radius 1 is 1.33 bits per heavy atom. The molecule has 24 heavy (non-hydrogen) atoms. The molecule has 1 amide bonds. The number of aromatic nitrogens is 1. The van der Waals surface area contributed by atoms with E-state index in [9.17, 15) is 14.0 Å². The highest BCUT2D eigenvalue weighted by Gasteiger charge is 2.36. The van der Waals surface area contributed by atoms with E-state index in [-0.39, 0.29) is 31.3 Å². The summed E-state index contributed by atoms with van der Waals surface area (Å²) in [5, 5.41) is 0.466. The largest absolute Gasteiger partial charge is 0.460 e. The predicted molar refractivity (Wildman–Crippen MR) is 85.9 cm³/mol. The maximum absolute atomic E-state index is 13.0. The van der Waals surface area contributed by atoms with Crippen LogP contribution < -0.4 is 4.90 Å². The van der Waals surface area contributed by atoms with Gasteiger partial charge in [0.05, 0.1) is 10.9 Å². The highest BCUT2D eigenvalue weighted by Crippen LogP contribution is 2.26. The van der Waals surface area contributed by atoms with E-state index < -0.39 is 11.9 Å². The summed E-state index contributed by atoms with van der Waals surface area (Å²) in [5.41, 5.74) is 1.17. The minimum Gasteiger partial charge on any atom is -0.460 e. The first-order valence-corrected chi connectivity index (χ1v) is 7.73. The van der Waals surface area contributed by atoms with Gasteiger partial charge < -0.3 is 9.64 Å². The number of hydrogen-bond acceptors (Lipinski definition) is 4. The first-order valence-electron chi connectivity index (χ1n) is 7.35. The molecule has 1 unspecified atom stereocenters. The number of esters is 1. The summed E-state index contributed by atoms with van der Waals surface area (Å²) in [5.74, 6) is -1.59. The van der Waals surface area contributed by atoms with Gasteiger partial charge in [0.1, 0.15) is 12.4 Å². The molecule has 124 valence electrons. The number of carbonyl (C=O) groups is 2. The molecule has 0 aliphatic carbocycles. The van der Waals surface area contributed by atoms with Crippen molar-refractivity contribution in [1.82, 2.24) is 4.98 Å². The van der Waals surface area contributed by atoms with Gasteiger partial charge in [-0.25, -0.2) is 4.39 Å². The zero-order valence-corrected chi connectivity index (χ0v) is 13.4. The van der Waals surface area contributed by atoms with Crippen molar-refractivity contribution in [3.8, 4) is 0 Å². The number of nitrogens with zero attached hydrogens (tertiary/aromatic N) is 2. The van der Waals surface area contributed by atoms with Gasteiger partial charge in [0.2, 0.25) is 5.91 Å². The van der Waals surface area contributed by atoms with Gasteiger partial charge in [-0.2, -0.15) is 0 Å². The lowest BCUT2D eigenvalue weighted by Crippen LogP contribution is -2.26. The topological polar surface area (TPSA) is 59.5 Å². The molecule has 5 nitrogen and oxygen atoms in total. The zero-order chi connectivity index (χ0) is 17.1. The van der Waals surface area contributed by atoms with Crippen LogP contribution in [0.3, 0.4) is 0 Å². The van der Waals surface area contributed by atoms with Gasteiger partial charge in [-0.15, -0.1) is 0 Å². The second kappa shape index (κ2) is 6.97. The third-order valence-electron chi connectivity index (χ3n) is 3.81. The SMILES string of the molecule is O=C(OCc1cnccc1Cl)C1CC(=O)N(c2ccc(F)cc2)C1. The summed E-state index contributed by atoms with van der Waals surface area (Å²) in [7, 11) is 0. The molecule has 1 aliphatic heterocycles. The number of halogens is 2. The predicted octanol–water partition coefficient (Wildman–Crippen LogP) is 2.97. The fourth-order valence-corrected chi connectivity index (χ4v) is 2.68. The van der Waals surface area contributed by atoms with Crippen LogP contribution in [0.25, 0.3) is 0 Å². The van der Waals surface area contributed by atoms with Crippen molar-refractivity contribution in [2.75, 3.05) is 11.4 Å². The molecule has 1 aromatic carbocycles. The molecule has 1 aliphatic rings. The Labute approximate surface area is 143 Å². The molecule has 0 saturated carbocycles. The highest BCUT2D eigenvalue weighted by molar-refractivity contribution is 6.31. The smallest absolute Gasteiger partial charge is 0.311 e. The minimum absolute atomic E-state index is 0.00669. The van der Waals surface area contributed by atoms with E-state index >= 15 is 0 Å². The number of carbonyl (C=O) groups excluding carboxylic acids is 2. The Morgan fingerprint density at radius 3 is 2.79 bits per heavy atom. The standard InChI is InChI=1S/C17H14ClFN2O3/c18-15-5-6-20-8-12(15)10-24-17(23)11-7-16(22)21(9-11)14-3-1-13(19)2-4-14/h1-6,8,11H,7,9-10H2. The molecule has 2 aromatic rings. The van der Waals surface area contributed by atoms with E-state index in [0.29, 0.717) is 16.3 Å². The van der Waals surface area contributed by atoms with Crippen LogP contribution in [0, 0.1) is 11.7 Å². The van der Waals surface area contributed by atoms with Gasteiger partial charge in [0.25, 0.3) is 0 Å². The average molecular weight is 349 g/mol. The average Bonchev–Trinajstić information content (AvgIpc) is 2.96. The van der Waals surface area contributed by atoms with Crippen molar-refractivity contribution in [2.45, 2.75) is 13.0 Å². The quantitative estimate of drug-likeness (QED) is 0.797. The summed E-state index contributed by atoms with van der Waals surface area (Å²) in [4.78, 5) is 29.7. The summed E-state index contributed by atoms with van der Waals surface area (Å²) >= 11 is 5.98. The monoisotopic (exact) mass is 348 g/mol. The highest BCUT2D eigenvalue weighted by atomic mass is 35.5. The molecule has 1 aromatic heterocycles. The third-order valence-corrected chi connectivity index (χ3v) is 4.18. The Hall–Kier alpha value is -2.47. The maximum atomic E-state index is 13.0. The lowest BCUT2D eigenvalue weighted by atomic mass is 10.1. The van der Waals surface area contributed by atoms with Gasteiger partial charge in [-0.3, -0.25) is 14.6 Å². The summed E-state index contributed by atoms with van der Waals surface area (Å²) in [6.07, 6.45) is 3.14. The number of rotatable bonds is 4. The van der Waals surface area contributed by atoms with Crippen LogP contribution in [0.4, 0.5) is 10.1 Å². The number of anilines is 1. The van der Waals surface area contributed by atoms with E-state index in [1.165, 1.54) is 35.4 Å². The van der Waals surface area contributed by atoms with Crippen LogP contribution in [0.2, 0.25) is 5.02 Å². The normalized spacial score (nSPS) is 17.2. The molecule has 1 atom stereocenters. The van der Waals surface area contributed by atoms with E-state index in [1.807, 2.05) is 0 Å². The maximum Gasteiger partial charge on any atom is 0.311 e. The van der Waals surface area contributed by atoms with E-state index in [0.717, 1.165) is 0 Å². The Kier molecular flexibility index (Phi) is 4.76. The zero-order valence-electron chi connectivity index (χ0n) is 12.6. The Bertz CT molecular complexity index is 767. The second-order valence-corrected chi connectivity index (χ2v) is 5.86. The van der Waals surface area contributed by atoms with Crippen molar-refractivity contribution >= 4 is 29.2 Å². The van der Waals surface area contributed by atoms with Gasteiger partial charge in [-0.1, -0.05) is 11.6 Å². The molecule has 0 spiro atoms. The number of amides is 1. The summed E-state index contributed by atoms with van der Waals surface area (Å²) in [6.45, 7) is 0.219. The number of pyridine rings is 1. The van der Waals surface area contributed by atoms with Gasteiger partial charge in [-0.05, 0) is 30.3 Å². The third kappa shape index (κ3) is 3.54. The van der Waals surface area contributed by atoms with Crippen molar-refractivity contribution < 1.29 is 18.7 Å². The lowest BCUT2D eigenvalue weighted by molar-refractivity contribution is -0.149. The van der Waals surface area contributed by atoms with Crippen molar-refractivity contribution in [3.63, 3.8) is 0 Å². The van der Waals surface area contributed by atoms with Crippen molar-refractivity contribution in [2.24, 2.45) is 5.92 Å². The van der Waals surface area contributed by atoms with Crippen LogP contribution in [0.1, 0.15) is 12.0 Å². The Balaban J connectivity index is 1.62. The van der Waals surface area contributed by atoms with Gasteiger partial charge >= 0.3 is 5.97 Å². The molecule has 1 saturated heterocycles. The van der Waals surface area contributed by atoms with E-state index in [4.69, 9.17) is 16.3 Å². The van der Waals surface area contributed by atoms with Crippen LogP contribution in [-0.4, -0.2) is 23.4 Å². The fourth-order valence-electron chi connectivity index (χ4n) is 2.52. The van der Waals surface area contributed by atoms with Gasteiger partial charge in [0.15, 0.2) is 0 Å². The Morgan fingerprint density at radius 2 is 2.08 bits per heavy atom. The number of benzene rings is 1. The molecule has 3 rings (SSSR count). The lowest BCUT2D eigenvalue weighted by Gasteiger charge is -2.16. The summed E-state index contributed by atoms with van der Waals surface area (Å²) < 4.78 is 18.2. The molecule has 0 bridgehead atoms. The molecule has 0 N–H and O–H groups in total. The number of hydrogen-bond donors (Lipinski definition) is 0. The van der Waals surface area contributed by atoms with Crippen molar-refractivity contribution in [1.29, 1.82) is 0 Å². The molecule has 2 heterocycles. The summed E-state index contributed by atoms with van der Waals surface area (Å²) in [6, 6.07) is 7.18. The molecular weight excluding hydrogens is 335 g/mol. The van der Waals surface area contributed by atoms with Crippen LogP contribution in [0.5, 0.6) is 0 Å². The van der Waals surface area contributed by atoms with E-state index in [2.05, 4.69) is 4.98 Å². The molecule has 0 radical (unpaired) electrons. The second-order valence-electron chi connectivity index (χ2n) is 5.46.